The summed E-state index contributed by atoms with van der Waals surface area (Å²) >= 11 is 0. The molecular formula is C35H35N5O2. The lowest BCUT2D eigenvalue weighted by Crippen LogP contribution is -2.50. The predicted molar refractivity (Wildman–Crippen MR) is 170 cm³/mol. The van der Waals surface area contributed by atoms with Gasteiger partial charge in [0, 0.05) is 29.9 Å². The van der Waals surface area contributed by atoms with Crippen molar-refractivity contribution in [1.29, 1.82) is 0 Å². The summed E-state index contributed by atoms with van der Waals surface area (Å²) in [5.41, 5.74) is 3.69. The molecule has 7 nitrogen and oxygen atoms in total. The third-order valence-corrected chi connectivity index (χ3v) is 8.28. The molecule has 0 saturated carbocycles. The monoisotopic (exact) mass is 557 g/mol. The molecule has 4 aromatic carbocycles. The number of nitrogens with zero attached hydrogens (tertiary/aromatic N) is 2. The van der Waals surface area contributed by atoms with Crippen molar-refractivity contribution >= 4 is 45.0 Å². The van der Waals surface area contributed by atoms with E-state index in [1.165, 1.54) is 0 Å². The minimum atomic E-state index is -0.617. The molecule has 0 bridgehead atoms. The largest absolute Gasteiger partial charge is 0.337 e. The molecule has 1 saturated heterocycles. The Morgan fingerprint density at radius 3 is 2.33 bits per heavy atom. The second kappa shape index (κ2) is 12.0. The lowest BCUT2D eigenvalue weighted by atomic mass is 9.72. The molecule has 7 heteroatoms. The first kappa shape index (κ1) is 27.4. The first-order valence-corrected chi connectivity index (χ1v) is 14.5. The fourth-order valence-electron chi connectivity index (χ4n) is 5.99. The summed E-state index contributed by atoms with van der Waals surface area (Å²) in [6, 6.07) is 33.8. The summed E-state index contributed by atoms with van der Waals surface area (Å²) in [6.45, 7) is 4.66. The molecule has 0 unspecified atom stereocenters. The molecular weight excluding hydrogens is 522 g/mol. The van der Waals surface area contributed by atoms with E-state index in [-0.39, 0.29) is 11.9 Å². The van der Waals surface area contributed by atoms with E-state index in [2.05, 4.69) is 50.1 Å². The normalized spacial score (nSPS) is 14.9. The zero-order valence-electron chi connectivity index (χ0n) is 23.8. The number of pyridine rings is 1. The highest BCUT2D eigenvalue weighted by atomic mass is 16.2. The van der Waals surface area contributed by atoms with E-state index in [1.807, 2.05) is 85.8 Å². The van der Waals surface area contributed by atoms with Gasteiger partial charge >= 0.3 is 6.03 Å². The molecule has 3 N–H and O–H groups in total. The number of carbonyl (C=O) groups excluding carboxylic acids is 2. The van der Waals surface area contributed by atoms with Gasteiger partial charge in [0.05, 0.1) is 16.6 Å². The maximum absolute atomic E-state index is 13.9. The third kappa shape index (κ3) is 5.83. The molecule has 0 atom stereocenters. The van der Waals surface area contributed by atoms with Gasteiger partial charge in [-0.25, -0.2) is 4.79 Å². The first-order valence-electron chi connectivity index (χ1n) is 14.5. The van der Waals surface area contributed by atoms with Crippen molar-refractivity contribution in [2.45, 2.75) is 25.2 Å². The van der Waals surface area contributed by atoms with Crippen LogP contribution in [0.3, 0.4) is 0 Å². The average molecular weight is 558 g/mol. The van der Waals surface area contributed by atoms with E-state index in [0.717, 1.165) is 57.4 Å². The fraction of sp³-hybridized carbons (Fsp3) is 0.229. The van der Waals surface area contributed by atoms with Gasteiger partial charge in [0.25, 0.3) is 0 Å². The standard InChI is InChI=1S/C35H35N5O2/c1-25-23-32(30-13-7-8-14-31(30)37-25)39-34(42)36-19-22-40-20-17-35(18-21-40,28-11-3-2-4-12-28)33(41)38-29-16-15-26-9-5-6-10-27(26)24-29/h2-16,23-24H,17-22H2,1H3,(H,38,41)(H2,36,37,39,42). The Balaban J connectivity index is 1.08. The number of anilines is 2. The van der Waals surface area contributed by atoms with Crippen molar-refractivity contribution in [3.63, 3.8) is 0 Å². The molecule has 6 rings (SSSR count). The Labute approximate surface area is 246 Å². The Morgan fingerprint density at radius 1 is 0.810 bits per heavy atom. The van der Waals surface area contributed by atoms with Crippen LogP contribution in [-0.2, 0) is 10.2 Å². The molecule has 3 amide bonds. The zero-order valence-corrected chi connectivity index (χ0v) is 23.8. The highest BCUT2D eigenvalue weighted by Gasteiger charge is 2.42. The van der Waals surface area contributed by atoms with Crippen LogP contribution in [0.1, 0.15) is 24.1 Å². The Kier molecular flexibility index (Phi) is 7.84. The lowest BCUT2D eigenvalue weighted by molar-refractivity contribution is -0.123. The van der Waals surface area contributed by atoms with Crippen LogP contribution in [0.5, 0.6) is 0 Å². The third-order valence-electron chi connectivity index (χ3n) is 8.28. The highest BCUT2D eigenvalue weighted by molar-refractivity contribution is 6.01. The molecule has 1 fully saturated rings. The van der Waals surface area contributed by atoms with Gasteiger partial charge in [-0.15, -0.1) is 0 Å². The van der Waals surface area contributed by atoms with Crippen LogP contribution in [0, 0.1) is 6.92 Å². The van der Waals surface area contributed by atoms with Crippen LogP contribution < -0.4 is 16.0 Å². The van der Waals surface area contributed by atoms with Crippen molar-refractivity contribution < 1.29 is 9.59 Å². The van der Waals surface area contributed by atoms with Gasteiger partial charge in [-0.1, -0.05) is 78.9 Å². The molecule has 0 aliphatic carbocycles. The quantitative estimate of drug-likeness (QED) is 0.214. The van der Waals surface area contributed by atoms with Crippen LogP contribution >= 0.6 is 0 Å². The molecule has 1 aliphatic heterocycles. The number of hydrogen-bond acceptors (Lipinski definition) is 4. The van der Waals surface area contributed by atoms with Gasteiger partial charge in [-0.05, 0) is 73.5 Å². The predicted octanol–water partition coefficient (Wildman–Crippen LogP) is 6.49. The number of hydrogen-bond donors (Lipinski definition) is 3. The summed E-state index contributed by atoms with van der Waals surface area (Å²) in [4.78, 5) is 33.5. The Morgan fingerprint density at radius 2 is 1.52 bits per heavy atom. The van der Waals surface area contributed by atoms with E-state index in [9.17, 15) is 9.59 Å². The second-order valence-corrected chi connectivity index (χ2v) is 11.0. The molecule has 0 radical (unpaired) electrons. The number of aromatic nitrogens is 1. The number of urea groups is 1. The van der Waals surface area contributed by atoms with Gasteiger partial charge in [0.1, 0.15) is 0 Å². The smallest absolute Gasteiger partial charge is 0.319 e. The Bertz CT molecular complexity index is 1730. The molecule has 42 heavy (non-hydrogen) atoms. The molecule has 1 aliphatic rings. The summed E-state index contributed by atoms with van der Waals surface area (Å²) in [6.07, 6.45) is 1.40. The van der Waals surface area contributed by atoms with E-state index >= 15 is 0 Å². The number of carbonyl (C=O) groups is 2. The molecule has 2 heterocycles. The van der Waals surface area contributed by atoms with Crippen LogP contribution in [0.4, 0.5) is 16.2 Å². The van der Waals surface area contributed by atoms with Crippen LogP contribution in [0.15, 0.2) is 103 Å². The minimum Gasteiger partial charge on any atom is -0.337 e. The number of rotatable bonds is 7. The van der Waals surface area contributed by atoms with E-state index in [4.69, 9.17) is 0 Å². The van der Waals surface area contributed by atoms with Gasteiger partial charge in [0.15, 0.2) is 0 Å². The van der Waals surface area contributed by atoms with Gasteiger partial charge in [-0.2, -0.15) is 0 Å². The number of fused-ring (bicyclic) bond motifs is 2. The lowest BCUT2D eigenvalue weighted by Gasteiger charge is -2.41. The van der Waals surface area contributed by atoms with E-state index in [0.29, 0.717) is 25.9 Å². The fourth-order valence-corrected chi connectivity index (χ4v) is 5.99. The summed E-state index contributed by atoms with van der Waals surface area (Å²) < 4.78 is 0. The molecule has 1 aromatic heterocycles. The summed E-state index contributed by atoms with van der Waals surface area (Å²) in [7, 11) is 0. The van der Waals surface area contributed by atoms with Crippen molar-refractivity contribution in [3.05, 3.63) is 114 Å². The van der Waals surface area contributed by atoms with Gasteiger partial charge in [0.2, 0.25) is 5.91 Å². The number of likely N-dealkylation sites (tertiary alicyclic amines) is 1. The summed E-state index contributed by atoms with van der Waals surface area (Å²) in [5.74, 6) is 0.0287. The van der Waals surface area contributed by atoms with E-state index in [1.54, 1.807) is 0 Å². The van der Waals surface area contributed by atoms with Crippen molar-refractivity contribution in [2.75, 3.05) is 36.8 Å². The number of para-hydroxylation sites is 1. The maximum atomic E-state index is 13.9. The molecule has 5 aromatic rings. The second-order valence-electron chi connectivity index (χ2n) is 11.0. The number of amides is 3. The highest BCUT2D eigenvalue weighted by Crippen LogP contribution is 2.37. The van der Waals surface area contributed by atoms with Gasteiger partial charge in [-0.3, -0.25) is 9.78 Å². The van der Waals surface area contributed by atoms with Crippen LogP contribution in [0.25, 0.3) is 21.7 Å². The average Bonchev–Trinajstić information content (AvgIpc) is 3.01. The number of aryl methyl sites for hydroxylation is 1. The topological polar surface area (TPSA) is 86.4 Å². The number of benzene rings is 4. The SMILES string of the molecule is Cc1cc(NC(=O)NCCN2CCC(C(=O)Nc3ccc4ccccc4c3)(c3ccccc3)CC2)c2ccccc2n1. The summed E-state index contributed by atoms with van der Waals surface area (Å²) in [5, 5.41) is 12.4. The van der Waals surface area contributed by atoms with Crippen LogP contribution in [-0.4, -0.2) is 48.0 Å². The minimum absolute atomic E-state index is 0.0287. The van der Waals surface area contributed by atoms with Crippen LogP contribution in [0.2, 0.25) is 0 Å². The van der Waals surface area contributed by atoms with Gasteiger partial charge < -0.3 is 20.9 Å². The molecule has 0 spiro atoms. The molecule has 212 valence electrons. The van der Waals surface area contributed by atoms with Crippen molar-refractivity contribution in [2.24, 2.45) is 0 Å². The number of piperidine rings is 1. The zero-order chi connectivity index (χ0) is 28.9. The Hall–Kier alpha value is -4.75. The number of nitrogens with one attached hydrogen (secondary N) is 3. The van der Waals surface area contributed by atoms with E-state index < -0.39 is 5.41 Å². The maximum Gasteiger partial charge on any atom is 0.319 e. The van der Waals surface area contributed by atoms with Crippen molar-refractivity contribution in [1.82, 2.24) is 15.2 Å². The van der Waals surface area contributed by atoms with Crippen molar-refractivity contribution in [3.8, 4) is 0 Å². The first-order chi connectivity index (χ1) is 20.5.